The zero-order chi connectivity index (χ0) is 29.7. The van der Waals surface area contributed by atoms with Crippen molar-refractivity contribution in [3.8, 4) is 6.07 Å². The molecule has 0 aliphatic heterocycles. The SMILES string of the molecule is Cc1cc(C)c(C#N)c(SC[C@]2(O)CC[C@H]3[C@]45C=C[C@@]6(C=C4C(=O)c4ccco4)CC(O)CC[C@]6(C)[C@H]5CC[C@@]32C)n1. The molecule has 8 atom stereocenters. The van der Waals surface area contributed by atoms with E-state index in [1.54, 1.807) is 18.4 Å². The van der Waals surface area contributed by atoms with Crippen molar-refractivity contribution in [1.82, 2.24) is 4.98 Å². The van der Waals surface area contributed by atoms with Gasteiger partial charge in [0.25, 0.3) is 0 Å². The van der Waals surface area contributed by atoms with E-state index in [2.05, 4.69) is 43.1 Å². The minimum absolute atomic E-state index is 0.0667. The van der Waals surface area contributed by atoms with Crippen LogP contribution in [-0.4, -0.2) is 38.4 Å². The first-order chi connectivity index (χ1) is 19.9. The number of aliphatic hydroxyl groups is 2. The second-order valence-corrected chi connectivity index (χ2v) is 15.2. The molecule has 2 spiro atoms. The molecule has 3 fully saturated rings. The Hall–Kier alpha value is -2.66. The molecule has 7 heteroatoms. The summed E-state index contributed by atoms with van der Waals surface area (Å²) in [4.78, 5) is 19.0. The van der Waals surface area contributed by atoms with Crippen LogP contribution >= 0.6 is 11.8 Å². The Morgan fingerprint density at radius 1 is 1.14 bits per heavy atom. The zero-order valence-electron chi connectivity index (χ0n) is 24.9. The van der Waals surface area contributed by atoms with Crippen LogP contribution in [0.3, 0.4) is 0 Å². The predicted molar refractivity (Wildman–Crippen MR) is 161 cm³/mol. The first-order valence-corrected chi connectivity index (χ1v) is 16.4. The molecule has 2 aromatic heterocycles. The third kappa shape index (κ3) is 3.46. The average Bonchev–Trinajstić information content (AvgIpc) is 3.58. The predicted octanol–water partition coefficient (Wildman–Crippen LogP) is 6.73. The van der Waals surface area contributed by atoms with E-state index < -0.39 is 16.4 Å². The van der Waals surface area contributed by atoms with Crippen LogP contribution in [0.25, 0.3) is 0 Å². The van der Waals surface area contributed by atoms with Gasteiger partial charge in [-0.1, -0.05) is 32.1 Å². The van der Waals surface area contributed by atoms with Crippen molar-refractivity contribution in [3.63, 3.8) is 0 Å². The maximum Gasteiger partial charge on any atom is 0.224 e. The van der Waals surface area contributed by atoms with E-state index in [1.807, 2.05) is 19.9 Å². The third-order valence-electron chi connectivity index (χ3n) is 12.6. The summed E-state index contributed by atoms with van der Waals surface area (Å²) in [5.41, 5.74) is 0.790. The molecule has 1 unspecified atom stereocenters. The summed E-state index contributed by atoms with van der Waals surface area (Å²) in [5.74, 6) is 1.04. The highest BCUT2D eigenvalue weighted by Gasteiger charge is 2.74. The molecule has 3 saturated carbocycles. The number of allylic oxidation sites excluding steroid dienone is 4. The van der Waals surface area contributed by atoms with Crippen molar-refractivity contribution in [1.29, 1.82) is 5.26 Å². The van der Waals surface area contributed by atoms with Gasteiger partial charge < -0.3 is 14.6 Å². The van der Waals surface area contributed by atoms with Crippen LogP contribution in [0.4, 0.5) is 0 Å². The van der Waals surface area contributed by atoms with Gasteiger partial charge >= 0.3 is 0 Å². The van der Waals surface area contributed by atoms with Crippen LogP contribution in [0.1, 0.15) is 86.2 Å². The molecule has 0 aromatic carbocycles. The monoisotopic (exact) mass is 584 g/mol. The maximum atomic E-state index is 14.3. The lowest BCUT2D eigenvalue weighted by Gasteiger charge is -2.71. The molecule has 0 saturated heterocycles. The van der Waals surface area contributed by atoms with Crippen molar-refractivity contribution in [2.75, 3.05) is 5.75 Å². The number of nitriles is 1. The van der Waals surface area contributed by atoms with E-state index in [1.165, 1.54) is 11.8 Å². The minimum Gasteiger partial charge on any atom is -0.461 e. The van der Waals surface area contributed by atoms with Crippen molar-refractivity contribution in [2.24, 2.45) is 33.5 Å². The van der Waals surface area contributed by atoms with Gasteiger partial charge in [0, 0.05) is 33.3 Å². The fourth-order valence-electron chi connectivity index (χ4n) is 10.3. The highest BCUT2D eigenvalue weighted by molar-refractivity contribution is 7.99. The van der Waals surface area contributed by atoms with E-state index in [9.17, 15) is 20.3 Å². The van der Waals surface area contributed by atoms with Crippen LogP contribution in [0, 0.1) is 58.7 Å². The molecule has 2 bridgehead atoms. The Morgan fingerprint density at radius 3 is 2.62 bits per heavy atom. The fourth-order valence-corrected chi connectivity index (χ4v) is 11.8. The van der Waals surface area contributed by atoms with E-state index in [0.717, 1.165) is 48.9 Å². The van der Waals surface area contributed by atoms with Gasteiger partial charge in [0.1, 0.15) is 11.1 Å². The number of hydrogen-bond donors (Lipinski definition) is 2. The molecule has 42 heavy (non-hydrogen) atoms. The fraction of sp³-hybridized carbons (Fsp3) is 0.571. The van der Waals surface area contributed by atoms with Gasteiger partial charge in [-0.25, -0.2) is 4.98 Å². The quantitative estimate of drug-likeness (QED) is 0.228. The number of hydrogen-bond acceptors (Lipinski definition) is 7. The number of aryl methyl sites for hydroxylation is 2. The van der Waals surface area contributed by atoms with Gasteiger partial charge in [0.05, 0.1) is 23.5 Å². The average molecular weight is 585 g/mol. The van der Waals surface area contributed by atoms with Gasteiger partial charge in [-0.05, 0) is 99.8 Å². The van der Waals surface area contributed by atoms with Gasteiger partial charge in [0.15, 0.2) is 5.76 Å². The van der Waals surface area contributed by atoms with Gasteiger partial charge in [-0.2, -0.15) is 5.26 Å². The van der Waals surface area contributed by atoms with Crippen molar-refractivity contribution in [2.45, 2.75) is 89.4 Å². The number of Topliss-reactive ketones (excluding diaryl/α,β-unsaturated/α-hetero) is 1. The molecular weight excluding hydrogens is 544 g/mol. The van der Waals surface area contributed by atoms with E-state index >= 15 is 0 Å². The molecule has 220 valence electrons. The number of pyridine rings is 1. The first kappa shape index (κ1) is 28.1. The number of nitrogens with zero attached hydrogens (tertiary/aromatic N) is 2. The lowest BCUT2D eigenvalue weighted by Crippen LogP contribution is -2.67. The van der Waals surface area contributed by atoms with Crippen molar-refractivity contribution >= 4 is 17.5 Å². The summed E-state index contributed by atoms with van der Waals surface area (Å²) in [5, 5.41) is 33.9. The van der Waals surface area contributed by atoms with E-state index in [-0.39, 0.29) is 34.6 Å². The lowest BCUT2D eigenvalue weighted by atomic mass is 9.32. The number of thioether (sulfide) groups is 1. The summed E-state index contributed by atoms with van der Waals surface area (Å²) >= 11 is 1.49. The molecule has 0 radical (unpaired) electrons. The second-order valence-electron chi connectivity index (χ2n) is 14.3. The van der Waals surface area contributed by atoms with Crippen molar-refractivity contribution in [3.05, 3.63) is 70.8 Å². The number of aliphatic hydroxyl groups excluding tert-OH is 1. The summed E-state index contributed by atoms with van der Waals surface area (Å²) in [6.07, 6.45) is 13.6. The highest BCUT2D eigenvalue weighted by Crippen LogP contribution is 2.78. The Morgan fingerprint density at radius 2 is 1.88 bits per heavy atom. The molecular formula is C35H40N2O4S. The van der Waals surface area contributed by atoms with Gasteiger partial charge in [0.2, 0.25) is 5.78 Å². The lowest BCUT2D eigenvalue weighted by molar-refractivity contribution is -0.166. The van der Waals surface area contributed by atoms with Crippen LogP contribution in [0.5, 0.6) is 0 Å². The Labute approximate surface area is 252 Å². The Kier molecular flexibility index (Phi) is 6.14. The summed E-state index contributed by atoms with van der Waals surface area (Å²) in [6.45, 7) is 8.50. The Balaban J connectivity index is 1.31. The number of fused-ring (bicyclic) bond motifs is 1. The number of carbonyl (C=O) groups excluding carboxylic acids is 1. The normalized spacial score (nSPS) is 41.5. The van der Waals surface area contributed by atoms with Crippen LogP contribution in [-0.2, 0) is 0 Å². The smallest absolute Gasteiger partial charge is 0.224 e. The molecule has 2 aromatic rings. The second kappa shape index (κ2) is 9.17. The Bertz CT molecular complexity index is 1570. The van der Waals surface area contributed by atoms with Crippen LogP contribution in [0.15, 0.2) is 57.7 Å². The molecule has 0 amide bonds. The highest BCUT2D eigenvalue weighted by atomic mass is 32.2. The molecule has 2 heterocycles. The van der Waals surface area contributed by atoms with E-state index in [0.29, 0.717) is 34.9 Å². The van der Waals surface area contributed by atoms with E-state index in [4.69, 9.17) is 4.42 Å². The standard InChI is InChI=1S/C35H40N2O4S/c1-21-16-22(2)37-30(24(21)19-36)42-20-34(40)12-9-28-32(34,4)11-8-27-31(3)10-7-23(38)17-33(31)13-14-35(27,28)25(18-33)29(39)26-6-5-15-41-26/h5-6,13-16,18,23,27-28,38,40H,7-12,17,20H2,1-4H3/t23?,27-,28-,31-,32+,33+,34-,35-/m1/s1. The van der Waals surface area contributed by atoms with Gasteiger partial charge in [-0.15, -0.1) is 11.8 Å². The molecule has 6 aliphatic carbocycles. The minimum atomic E-state index is -0.976. The molecule has 6 aliphatic rings. The number of rotatable bonds is 5. The summed E-state index contributed by atoms with van der Waals surface area (Å²) in [7, 11) is 0. The number of ketones is 1. The first-order valence-electron chi connectivity index (χ1n) is 15.4. The molecule has 8 rings (SSSR count). The number of aromatic nitrogens is 1. The van der Waals surface area contributed by atoms with Crippen LogP contribution in [0.2, 0.25) is 0 Å². The summed E-state index contributed by atoms with van der Waals surface area (Å²) in [6, 6.07) is 7.76. The van der Waals surface area contributed by atoms with Crippen molar-refractivity contribution < 1.29 is 19.4 Å². The van der Waals surface area contributed by atoms with Crippen LogP contribution < -0.4 is 0 Å². The summed E-state index contributed by atoms with van der Waals surface area (Å²) < 4.78 is 5.67. The number of carbonyl (C=O) groups is 1. The maximum absolute atomic E-state index is 14.3. The van der Waals surface area contributed by atoms with Gasteiger partial charge in [-0.3, -0.25) is 4.79 Å². The number of furan rings is 1. The third-order valence-corrected chi connectivity index (χ3v) is 13.8. The molecule has 6 nitrogen and oxygen atoms in total. The molecule has 2 N–H and O–H groups in total. The largest absolute Gasteiger partial charge is 0.461 e. The zero-order valence-corrected chi connectivity index (χ0v) is 25.8. The topological polar surface area (TPSA) is 107 Å².